The normalized spacial score (nSPS) is 11.3. The number of ether oxygens (including phenoxy) is 1. The van der Waals surface area contributed by atoms with Gasteiger partial charge in [0, 0.05) is 37.5 Å². The first-order valence-electron chi connectivity index (χ1n) is 12.3. The van der Waals surface area contributed by atoms with E-state index in [-0.39, 0.29) is 5.91 Å². The van der Waals surface area contributed by atoms with Crippen LogP contribution in [0.25, 0.3) is 16.5 Å². The number of carbonyl (C=O) groups excluding carboxylic acids is 3. The lowest BCUT2D eigenvalue weighted by Gasteiger charge is -2.27. The molecule has 0 aliphatic heterocycles. The minimum atomic E-state index is -0.729. The first kappa shape index (κ1) is 28.6. The Morgan fingerprint density at radius 3 is 2.29 bits per heavy atom. The zero-order valence-electron chi connectivity index (χ0n) is 22.1. The van der Waals surface area contributed by atoms with Gasteiger partial charge in [-0.1, -0.05) is 42.5 Å². The van der Waals surface area contributed by atoms with E-state index in [4.69, 9.17) is 4.74 Å². The van der Waals surface area contributed by atoms with Crippen LogP contribution >= 0.6 is 11.3 Å². The SMILES string of the molecule is CC(=O)NCCNCc1ccc(C=CC(=O)NN(C(=O)OC(C)(C)C)c2ccc(-c3cccs3)cc2)cc1. The molecule has 0 atom stereocenters. The van der Waals surface area contributed by atoms with E-state index >= 15 is 0 Å². The van der Waals surface area contributed by atoms with Crippen molar-refractivity contribution >= 4 is 41.0 Å². The number of hydrazine groups is 1. The predicted molar refractivity (Wildman–Crippen MR) is 152 cm³/mol. The summed E-state index contributed by atoms with van der Waals surface area (Å²) in [5.41, 5.74) is 5.33. The summed E-state index contributed by atoms with van der Waals surface area (Å²) in [6, 6.07) is 19.1. The molecule has 0 bridgehead atoms. The fourth-order valence-corrected chi connectivity index (χ4v) is 4.10. The number of benzene rings is 2. The Bertz CT molecular complexity index is 1230. The molecule has 200 valence electrons. The number of hydrogen-bond donors (Lipinski definition) is 3. The van der Waals surface area contributed by atoms with Crippen LogP contribution in [0.3, 0.4) is 0 Å². The highest BCUT2D eigenvalue weighted by Gasteiger charge is 2.24. The molecule has 1 heterocycles. The van der Waals surface area contributed by atoms with Crippen molar-refractivity contribution in [1.29, 1.82) is 0 Å². The molecular weight excluding hydrogens is 500 g/mol. The maximum Gasteiger partial charge on any atom is 0.434 e. The summed E-state index contributed by atoms with van der Waals surface area (Å²) in [5, 5.41) is 9.11. The van der Waals surface area contributed by atoms with E-state index in [0.29, 0.717) is 25.3 Å². The van der Waals surface area contributed by atoms with Crippen LogP contribution in [0.4, 0.5) is 10.5 Å². The minimum absolute atomic E-state index is 0.0479. The molecule has 8 nitrogen and oxygen atoms in total. The molecule has 2 aromatic carbocycles. The summed E-state index contributed by atoms with van der Waals surface area (Å²) >= 11 is 1.63. The van der Waals surface area contributed by atoms with Gasteiger partial charge in [0.1, 0.15) is 5.60 Å². The summed E-state index contributed by atoms with van der Waals surface area (Å²) < 4.78 is 5.52. The van der Waals surface area contributed by atoms with E-state index in [1.54, 1.807) is 50.3 Å². The van der Waals surface area contributed by atoms with Gasteiger partial charge in [-0.15, -0.1) is 11.3 Å². The first-order valence-corrected chi connectivity index (χ1v) is 13.2. The Morgan fingerprint density at radius 1 is 0.974 bits per heavy atom. The number of anilines is 1. The van der Waals surface area contributed by atoms with Gasteiger partial charge in [0.15, 0.2) is 0 Å². The van der Waals surface area contributed by atoms with Crippen LogP contribution < -0.4 is 21.1 Å². The third-order valence-electron chi connectivity index (χ3n) is 5.14. The van der Waals surface area contributed by atoms with Crippen LogP contribution in [0.1, 0.15) is 38.8 Å². The summed E-state index contributed by atoms with van der Waals surface area (Å²) in [4.78, 5) is 37.7. The van der Waals surface area contributed by atoms with Crippen molar-refractivity contribution in [2.24, 2.45) is 0 Å². The summed E-state index contributed by atoms with van der Waals surface area (Å²) in [7, 11) is 0. The van der Waals surface area contributed by atoms with Gasteiger partial charge in [-0.25, -0.2) is 4.79 Å². The molecule has 0 radical (unpaired) electrons. The molecule has 0 fully saturated rings. The Labute approximate surface area is 227 Å². The van der Waals surface area contributed by atoms with Crippen LogP contribution in [-0.2, 0) is 20.9 Å². The van der Waals surface area contributed by atoms with E-state index in [2.05, 4.69) is 16.1 Å². The highest BCUT2D eigenvalue weighted by atomic mass is 32.1. The maximum absolute atomic E-state index is 12.9. The molecule has 0 saturated carbocycles. The lowest BCUT2D eigenvalue weighted by atomic mass is 10.1. The zero-order valence-corrected chi connectivity index (χ0v) is 22.9. The monoisotopic (exact) mass is 534 g/mol. The zero-order chi connectivity index (χ0) is 27.5. The highest BCUT2D eigenvalue weighted by Crippen LogP contribution is 2.27. The maximum atomic E-state index is 12.9. The molecule has 38 heavy (non-hydrogen) atoms. The lowest BCUT2D eigenvalue weighted by molar-refractivity contribution is -0.119. The molecule has 3 aromatic rings. The van der Waals surface area contributed by atoms with Crippen molar-refractivity contribution in [2.45, 2.75) is 39.8 Å². The Hall–Kier alpha value is -3.95. The molecule has 0 spiro atoms. The van der Waals surface area contributed by atoms with E-state index in [1.807, 2.05) is 53.9 Å². The summed E-state index contributed by atoms with van der Waals surface area (Å²) in [6.07, 6.45) is 2.37. The topological polar surface area (TPSA) is 99.8 Å². The predicted octanol–water partition coefficient (Wildman–Crippen LogP) is 5.13. The van der Waals surface area contributed by atoms with Crippen LogP contribution in [0, 0.1) is 0 Å². The van der Waals surface area contributed by atoms with Gasteiger partial charge in [0.05, 0.1) is 5.69 Å². The average Bonchev–Trinajstić information content (AvgIpc) is 3.40. The smallest absolute Gasteiger partial charge is 0.434 e. The van der Waals surface area contributed by atoms with Gasteiger partial charge in [0.2, 0.25) is 5.91 Å². The number of nitrogens with one attached hydrogen (secondary N) is 3. The number of rotatable bonds is 9. The molecule has 1 aromatic heterocycles. The standard InChI is InChI=1S/C29H34N4O4S/c1-21(34)31-18-17-30-20-23-9-7-22(8-10-23)11-16-27(35)32-33(28(36)37-29(2,3)4)25-14-12-24(13-15-25)26-6-5-19-38-26/h5-16,19,30H,17-18,20H2,1-4H3,(H,31,34)(H,32,35). The highest BCUT2D eigenvalue weighted by molar-refractivity contribution is 7.13. The number of amides is 3. The Morgan fingerprint density at radius 2 is 1.68 bits per heavy atom. The molecule has 0 unspecified atom stereocenters. The molecular formula is C29H34N4O4S. The molecule has 3 rings (SSSR count). The molecule has 0 aliphatic carbocycles. The first-order chi connectivity index (χ1) is 18.1. The molecule has 9 heteroatoms. The number of nitrogens with zero attached hydrogens (tertiary/aromatic N) is 1. The fourth-order valence-electron chi connectivity index (χ4n) is 3.37. The molecule has 3 N–H and O–H groups in total. The van der Waals surface area contributed by atoms with Gasteiger partial charge in [-0.2, -0.15) is 5.01 Å². The van der Waals surface area contributed by atoms with Crippen molar-refractivity contribution in [1.82, 2.24) is 16.1 Å². The van der Waals surface area contributed by atoms with Crippen molar-refractivity contribution < 1.29 is 19.1 Å². The second-order valence-electron chi connectivity index (χ2n) is 9.55. The largest absolute Gasteiger partial charge is 0.442 e. The Balaban J connectivity index is 1.63. The minimum Gasteiger partial charge on any atom is -0.442 e. The van der Waals surface area contributed by atoms with Crippen molar-refractivity contribution in [2.75, 3.05) is 18.1 Å². The van der Waals surface area contributed by atoms with Crippen LogP contribution in [0.2, 0.25) is 0 Å². The fraction of sp³-hybridized carbons (Fsp3) is 0.276. The van der Waals surface area contributed by atoms with Crippen LogP contribution in [0.5, 0.6) is 0 Å². The van der Waals surface area contributed by atoms with Gasteiger partial charge < -0.3 is 15.4 Å². The third-order valence-corrected chi connectivity index (χ3v) is 6.06. The van der Waals surface area contributed by atoms with E-state index in [0.717, 1.165) is 26.6 Å². The average molecular weight is 535 g/mol. The number of carbonyl (C=O) groups is 3. The van der Waals surface area contributed by atoms with E-state index in [9.17, 15) is 14.4 Å². The second kappa shape index (κ2) is 13.6. The van der Waals surface area contributed by atoms with Crippen LogP contribution in [0.15, 0.2) is 72.1 Å². The van der Waals surface area contributed by atoms with E-state index in [1.165, 1.54) is 13.0 Å². The summed E-state index contributed by atoms with van der Waals surface area (Å²) in [5.74, 6) is -0.518. The van der Waals surface area contributed by atoms with Gasteiger partial charge in [0.25, 0.3) is 5.91 Å². The van der Waals surface area contributed by atoms with Crippen LogP contribution in [-0.4, -0.2) is 36.6 Å². The van der Waals surface area contributed by atoms with Crippen molar-refractivity contribution in [3.8, 4) is 10.4 Å². The van der Waals surface area contributed by atoms with Crippen molar-refractivity contribution in [3.05, 3.63) is 83.2 Å². The summed E-state index contributed by atoms with van der Waals surface area (Å²) in [6.45, 7) is 8.72. The van der Waals surface area contributed by atoms with Gasteiger partial charge >= 0.3 is 6.09 Å². The van der Waals surface area contributed by atoms with E-state index < -0.39 is 17.6 Å². The second-order valence-corrected chi connectivity index (χ2v) is 10.5. The van der Waals surface area contributed by atoms with Gasteiger partial charge in [-0.3, -0.25) is 15.0 Å². The number of hydrogen-bond acceptors (Lipinski definition) is 6. The quantitative estimate of drug-likeness (QED) is 0.201. The molecule has 0 saturated heterocycles. The van der Waals surface area contributed by atoms with Gasteiger partial charge in [-0.05, 0) is 67.1 Å². The lowest BCUT2D eigenvalue weighted by Crippen LogP contribution is -2.48. The van der Waals surface area contributed by atoms with Crippen molar-refractivity contribution in [3.63, 3.8) is 0 Å². The molecule has 3 amide bonds. The number of thiophene rings is 1. The molecule has 0 aliphatic rings. The third kappa shape index (κ3) is 9.49. The Kier molecular flexibility index (Phi) is 10.2.